The van der Waals surface area contributed by atoms with Gasteiger partial charge in [0.1, 0.15) is 26.4 Å². The fourth-order valence-corrected chi connectivity index (χ4v) is 3.54. The Bertz CT molecular complexity index is 1180. The fraction of sp³-hybridized carbons (Fsp3) is 0. The van der Waals surface area contributed by atoms with Gasteiger partial charge in [0.2, 0.25) is 0 Å². The predicted octanol–water partition coefficient (Wildman–Crippen LogP) is 3.85. The molecule has 5 rings (SSSR count). The Morgan fingerprint density at radius 2 is 1.52 bits per heavy atom. The van der Waals surface area contributed by atoms with Gasteiger partial charge in [-0.1, -0.05) is 35.6 Å². The highest BCUT2D eigenvalue weighted by atomic mass is 32.1. The van der Waals surface area contributed by atoms with Gasteiger partial charge < -0.3 is 0 Å². The van der Waals surface area contributed by atoms with E-state index in [0.717, 1.165) is 42.9 Å². The van der Waals surface area contributed by atoms with E-state index in [1.807, 2.05) is 30.5 Å². The maximum Gasteiger partial charge on any atom is 0.146 e. The van der Waals surface area contributed by atoms with Crippen LogP contribution in [0.1, 0.15) is 0 Å². The van der Waals surface area contributed by atoms with E-state index in [9.17, 15) is 0 Å². The normalized spacial score (nSPS) is 11.5. The van der Waals surface area contributed by atoms with Gasteiger partial charge in [0.05, 0.1) is 11.9 Å². The molecule has 0 spiro atoms. The molecule has 0 atom stereocenters. The largest absolute Gasteiger partial charge is 0.254 e. The third kappa shape index (κ3) is 1.96. The molecule has 6 heteroatoms. The first-order valence-corrected chi connectivity index (χ1v) is 7.91. The van der Waals surface area contributed by atoms with Crippen molar-refractivity contribution < 1.29 is 0 Å². The Balaban J connectivity index is 1.73. The molecule has 0 N–H and O–H groups in total. The van der Waals surface area contributed by atoms with E-state index < -0.39 is 0 Å². The van der Waals surface area contributed by atoms with Crippen LogP contribution in [-0.4, -0.2) is 24.9 Å². The van der Waals surface area contributed by atoms with Crippen LogP contribution in [0.25, 0.3) is 42.9 Å². The van der Waals surface area contributed by atoms with Gasteiger partial charge >= 0.3 is 0 Å². The monoisotopic (exact) mass is 315 g/mol. The number of rotatable bonds is 1. The van der Waals surface area contributed by atoms with Crippen molar-refractivity contribution in [2.24, 2.45) is 0 Å². The van der Waals surface area contributed by atoms with Crippen molar-refractivity contribution in [2.75, 3.05) is 0 Å². The average Bonchev–Trinajstić information content (AvgIpc) is 2.99. The van der Waals surface area contributed by atoms with Crippen molar-refractivity contribution in [2.45, 2.75) is 0 Å². The van der Waals surface area contributed by atoms with E-state index in [-0.39, 0.29) is 0 Å². The molecule has 4 aromatic heterocycles. The van der Waals surface area contributed by atoms with Crippen molar-refractivity contribution in [3.05, 3.63) is 55.1 Å². The molecule has 0 amide bonds. The lowest BCUT2D eigenvalue weighted by Crippen LogP contribution is -1.89. The van der Waals surface area contributed by atoms with E-state index in [2.05, 4.69) is 26.0 Å². The van der Waals surface area contributed by atoms with E-state index in [1.54, 1.807) is 18.6 Å². The minimum absolute atomic E-state index is 0.759. The van der Waals surface area contributed by atoms with Gasteiger partial charge in [-0.2, -0.15) is 0 Å². The lowest BCUT2D eigenvalue weighted by atomic mass is 10.1. The standard InChI is InChI=1S/C17H9N5S/c1-2-4-11-8-20-12(7-10(11)3-1)13-9-21-15-14-16(19-6-5-18-14)23-17(15)22-13/h1-9H. The topological polar surface area (TPSA) is 64.5 Å². The molecule has 5 aromatic rings. The molecule has 0 saturated heterocycles. The molecule has 0 aliphatic rings. The van der Waals surface area contributed by atoms with Crippen LogP contribution in [0, 0.1) is 0 Å². The summed E-state index contributed by atoms with van der Waals surface area (Å²) in [7, 11) is 0. The van der Waals surface area contributed by atoms with Crippen LogP contribution >= 0.6 is 11.3 Å². The van der Waals surface area contributed by atoms with Crippen LogP contribution in [0.4, 0.5) is 0 Å². The highest BCUT2D eigenvalue weighted by Gasteiger charge is 2.11. The number of fused-ring (bicyclic) bond motifs is 4. The van der Waals surface area contributed by atoms with Gasteiger partial charge in [-0.25, -0.2) is 19.9 Å². The summed E-state index contributed by atoms with van der Waals surface area (Å²) in [5, 5.41) is 2.25. The number of hydrogen-bond acceptors (Lipinski definition) is 6. The van der Waals surface area contributed by atoms with Crippen LogP contribution in [0.3, 0.4) is 0 Å². The van der Waals surface area contributed by atoms with Crippen molar-refractivity contribution in [3.8, 4) is 11.4 Å². The molecule has 0 unspecified atom stereocenters. The Kier molecular flexibility index (Phi) is 2.59. The minimum atomic E-state index is 0.759. The van der Waals surface area contributed by atoms with Crippen molar-refractivity contribution in [1.29, 1.82) is 0 Å². The summed E-state index contributed by atoms with van der Waals surface area (Å²) in [5.41, 5.74) is 3.17. The third-order valence-corrected chi connectivity index (χ3v) is 4.69. The Labute approximate surface area is 134 Å². The van der Waals surface area contributed by atoms with Gasteiger partial charge in [0.25, 0.3) is 0 Å². The Morgan fingerprint density at radius 3 is 2.48 bits per heavy atom. The molecule has 4 heterocycles. The van der Waals surface area contributed by atoms with E-state index >= 15 is 0 Å². The summed E-state index contributed by atoms with van der Waals surface area (Å²) in [6.45, 7) is 0. The molecule has 1 aromatic carbocycles. The molecule has 0 aliphatic heterocycles. The number of nitrogens with zero attached hydrogens (tertiary/aromatic N) is 5. The van der Waals surface area contributed by atoms with Crippen molar-refractivity contribution in [1.82, 2.24) is 24.9 Å². The third-order valence-electron chi connectivity index (χ3n) is 3.72. The number of benzene rings is 1. The van der Waals surface area contributed by atoms with Crippen molar-refractivity contribution in [3.63, 3.8) is 0 Å². The maximum atomic E-state index is 4.70. The molecular weight excluding hydrogens is 306 g/mol. The highest BCUT2D eigenvalue weighted by molar-refractivity contribution is 7.24. The number of hydrogen-bond donors (Lipinski definition) is 0. The average molecular weight is 315 g/mol. The van der Waals surface area contributed by atoms with Crippen LogP contribution in [-0.2, 0) is 0 Å². The van der Waals surface area contributed by atoms with E-state index in [4.69, 9.17) is 4.98 Å². The summed E-state index contributed by atoms with van der Waals surface area (Å²) in [6.07, 6.45) is 6.98. The molecule has 108 valence electrons. The summed E-state index contributed by atoms with van der Waals surface area (Å²) >= 11 is 1.50. The number of pyridine rings is 1. The van der Waals surface area contributed by atoms with Crippen LogP contribution in [0.5, 0.6) is 0 Å². The summed E-state index contributed by atoms with van der Waals surface area (Å²) in [5.74, 6) is 0. The first-order chi connectivity index (χ1) is 11.4. The molecule has 0 bridgehead atoms. The maximum absolute atomic E-state index is 4.70. The van der Waals surface area contributed by atoms with Crippen LogP contribution in [0.15, 0.2) is 55.1 Å². The molecule has 5 nitrogen and oxygen atoms in total. The molecular formula is C17H9N5S. The summed E-state index contributed by atoms with van der Waals surface area (Å²) < 4.78 is 0. The molecule has 0 aliphatic carbocycles. The molecule has 0 fully saturated rings. The van der Waals surface area contributed by atoms with Crippen LogP contribution in [0.2, 0.25) is 0 Å². The number of thiophene rings is 1. The zero-order valence-electron chi connectivity index (χ0n) is 11.8. The zero-order valence-corrected chi connectivity index (χ0v) is 12.7. The SMILES string of the molecule is c1ccc2cc(-c3cnc4c(n3)sc3nccnc34)ncc2c1. The molecule has 0 saturated carbocycles. The van der Waals surface area contributed by atoms with Gasteiger partial charge in [0.15, 0.2) is 0 Å². The first kappa shape index (κ1) is 12.5. The first-order valence-electron chi connectivity index (χ1n) is 7.10. The lowest BCUT2D eigenvalue weighted by Gasteiger charge is -2.02. The lowest BCUT2D eigenvalue weighted by molar-refractivity contribution is 1.25. The van der Waals surface area contributed by atoms with Gasteiger partial charge in [0, 0.05) is 24.0 Å². The molecule has 0 radical (unpaired) electrons. The quantitative estimate of drug-likeness (QED) is 0.470. The van der Waals surface area contributed by atoms with E-state index in [1.165, 1.54) is 11.3 Å². The van der Waals surface area contributed by atoms with Crippen LogP contribution < -0.4 is 0 Å². The molecule has 23 heavy (non-hydrogen) atoms. The smallest absolute Gasteiger partial charge is 0.146 e. The zero-order chi connectivity index (χ0) is 15.2. The minimum Gasteiger partial charge on any atom is -0.254 e. The van der Waals surface area contributed by atoms with Gasteiger partial charge in [-0.05, 0) is 11.5 Å². The summed E-state index contributed by atoms with van der Waals surface area (Å²) in [4.78, 5) is 24.1. The Morgan fingerprint density at radius 1 is 0.696 bits per heavy atom. The second kappa shape index (κ2) is 4.76. The second-order valence-electron chi connectivity index (χ2n) is 5.14. The van der Waals surface area contributed by atoms with Gasteiger partial charge in [-0.3, -0.25) is 4.98 Å². The van der Waals surface area contributed by atoms with Gasteiger partial charge in [-0.15, -0.1) is 0 Å². The summed E-state index contributed by atoms with van der Waals surface area (Å²) in [6, 6.07) is 10.2. The number of aromatic nitrogens is 5. The fourth-order valence-electron chi connectivity index (χ4n) is 2.61. The highest BCUT2D eigenvalue weighted by Crippen LogP contribution is 2.29. The Hall–Kier alpha value is -2.99. The van der Waals surface area contributed by atoms with Crippen molar-refractivity contribution >= 4 is 42.8 Å². The predicted molar refractivity (Wildman–Crippen MR) is 91.2 cm³/mol. The second-order valence-corrected chi connectivity index (χ2v) is 6.12. The van der Waals surface area contributed by atoms with E-state index in [0.29, 0.717) is 0 Å².